The first-order valence-corrected chi connectivity index (χ1v) is 8.12. The van der Waals surface area contributed by atoms with Crippen LogP contribution in [0.5, 0.6) is 5.75 Å². The third-order valence-electron chi connectivity index (χ3n) is 3.84. The van der Waals surface area contributed by atoms with Gasteiger partial charge in [-0.15, -0.1) is 0 Å². The summed E-state index contributed by atoms with van der Waals surface area (Å²) in [5, 5.41) is 5.18. The Morgan fingerprint density at radius 1 is 1.07 bits per heavy atom. The third kappa shape index (κ3) is 4.20. The number of anilines is 2. The number of hydrogen-bond donors (Lipinski definition) is 2. The van der Waals surface area contributed by atoms with E-state index in [-0.39, 0.29) is 5.69 Å². The van der Waals surface area contributed by atoms with E-state index in [1.165, 1.54) is 6.07 Å². The van der Waals surface area contributed by atoms with Crippen LogP contribution in [0, 0.1) is 17.5 Å². The number of rotatable bonds is 6. The Morgan fingerprint density at radius 2 is 1.86 bits per heavy atom. The highest BCUT2D eigenvalue weighted by Crippen LogP contribution is 2.21. The van der Waals surface area contributed by atoms with Crippen molar-refractivity contribution >= 4 is 17.4 Å². The molecule has 0 radical (unpaired) electrons. The van der Waals surface area contributed by atoms with Gasteiger partial charge in [0, 0.05) is 18.2 Å². The van der Waals surface area contributed by atoms with E-state index >= 15 is 0 Å². The van der Waals surface area contributed by atoms with Gasteiger partial charge in [-0.05, 0) is 18.2 Å². The van der Waals surface area contributed by atoms with E-state index in [9.17, 15) is 18.0 Å². The van der Waals surface area contributed by atoms with E-state index in [0.717, 1.165) is 18.0 Å². The van der Waals surface area contributed by atoms with Crippen molar-refractivity contribution < 1.29 is 22.7 Å². The predicted octanol–water partition coefficient (Wildman–Crippen LogP) is 3.77. The van der Waals surface area contributed by atoms with Crippen molar-refractivity contribution in [3.63, 3.8) is 0 Å². The summed E-state index contributed by atoms with van der Waals surface area (Å²) in [6.45, 7) is 0.375. The first kappa shape index (κ1) is 19.2. The number of halogens is 3. The lowest BCUT2D eigenvalue weighted by atomic mass is 10.2. The Hall–Kier alpha value is -3.62. The lowest BCUT2D eigenvalue weighted by Crippen LogP contribution is -2.16. The molecule has 0 aliphatic heterocycles. The molecular formula is C19H15F3N4O2. The predicted molar refractivity (Wildman–Crippen MR) is 96.6 cm³/mol. The zero-order chi connectivity index (χ0) is 20.1. The monoisotopic (exact) mass is 388 g/mol. The molecule has 0 fully saturated rings. The van der Waals surface area contributed by atoms with E-state index in [4.69, 9.17) is 4.74 Å². The number of amides is 1. The number of carbonyl (C=O) groups is 1. The second kappa shape index (κ2) is 8.38. The van der Waals surface area contributed by atoms with E-state index in [1.807, 2.05) is 24.3 Å². The molecule has 6 nitrogen and oxygen atoms in total. The molecule has 144 valence electrons. The standard InChI is InChI=1S/C19H15F3N4O2/c1-28-15-5-3-2-4-11(15)9-23-16-8-14(24-10-25-16)19(27)26-13-7-6-12(20)17(21)18(13)22/h2-8,10H,9H2,1H3,(H,26,27)(H,23,24,25). The van der Waals surface area contributed by atoms with Crippen LogP contribution in [0.4, 0.5) is 24.7 Å². The molecule has 0 aliphatic carbocycles. The van der Waals surface area contributed by atoms with Crippen LogP contribution in [0.15, 0.2) is 48.8 Å². The Morgan fingerprint density at radius 3 is 2.64 bits per heavy atom. The fraction of sp³-hybridized carbons (Fsp3) is 0.105. The molecule has 0 aliphatic rings. The smallest absolute Gasteiger partial charge is 0.274 e. The number of methoxy groups -OCH3 is 1. The summed E-state index contributed by atoms with van der Waals surface area (Å²) in [5.41, 5.74) is 0.297. The number of para-hydroxylation sites is 1. The molecule has 28 heavy (non-hydrogen) atoms. The van der Waals surface area contributed by atoms with Gasteiger partial charge in [-0.25, -0.2) is 23.1 Å². The van der Waals surface area contributed by atoms with Gasteiger partial charge >= 0.3 is 0 Å². The minimum atomic E-state index is -1.67. The third-order valence-corrected chi connectivity index (χ3v) is 3.84. The minimum Gasteiger partial charge on any atom is -0.496 e. The van der Waals surface area contributed by atoms with Crippen molar-refractivity contribution in [1.29, 1.82) is 0 Å². The van der Waals surface area contributed by atoms with Gasteiger partial charge in [0.2, 0.25) is 0 Å². The Labute approximate surface area is 158 Å². The van der Waals surface area contributed by atoms with Crippen molar-refractivity contribution in [3.8, 4) is 5.75 Å². The van der Waals surface area contributed by atoms with Gasteiger partial charge in [-0.1, -0.05) is 18.2 Å². The summed E-state index contributed by atoms with van der Waals surface area (Å²) in [7, 11) is 1.56. The van der Waals surface area contributed by atoms with Crippen molar-refractivity contribution in [1.82, 2.24) is 9.97 Å². The normalized spacial score (nSPS) is 10.4. The highest BCUT2D eigenvalue weighted by Gasteiger charge is 2.17. The van der Waals surface area contributed by atoms with Gasteiger partial charge in [0.1, 0.15) is 23.6 Å². The van der Waals surface area contributed by atoms with Crippen LogP contribution in [-0.2, 0) is 6.54 Å². The number of ether oxygens (including phenoxy) is 1. The zero-order valence-corrected chi connectivity index (χ0v) is 14.7. The van der Waals surface area contributed by atoms with E-state index in [1.54, 1.807) is 7.11 Å². The highest BCUT2D eigenvalue weighted by atomic mass is 19.2. The number of aromatic nitrogens is 2. The van der Waals surface area contributed by atoms with Crippen molar-refractivity contribution in [2.75, 3.05) is 17.7 Å². The molecule has 3 aromatic rings. The Bertz CT molecular complexity index is 1010. The molecule has 1 amide bonds. The molecule has 3 rings (SSSR count). The quantitative estimate of drug-likeness (QED) is 0.629. The van der Waals surface area contributed by atoms with Gasteiger partial charge < -0.3 is 15.4 Å². The fourth-order valence-electron chi connectivity index (χ4n) is 2.42. The molecule has 0 unspecified atom stereocenters. The van der Waals surface area contributed by atoms with Crippen LogP contribution in [0.3, 0.4) is 0 Å². The van der Waals surface area contributed by atoms with Gasteiger partial charge in [-0.3, -0.25) is 4.79 Å². The maximum Gasteiger partial charge on any atom is 0.274 e. The number of nitrogens with one attached hydrogen (secondary N) is 2. The summed E-state index contributed by atoms with van der Waals surface area (Å²) in [6.07, 6.45) is 1.15. The van der Waals surface area contributed by atoms with Crippen LogP contribution in [-0.4, -0.2) is 23.0 Å². The summed E-state index contributed by atoms with van der Waals surface area (Å²) in [6, 6.07) is 10.4. The van der Waals surface area contributed by atoms with Crippen LogP contribution in [0.25, 0.3) is 0 Å². The summed E-state index contributed by atoms with van der Waals surface area (Å²) in [5.74, 6) is -4.27. The topological polar surface area (TPSA) is 76.1 Å². The Kier molecular flexibility index (Phi) is 5.73. The number of hydrogen-bond acceptors (Lipinski definition) is 5. The van der Waals surface area contributed by atoms with Crippen LogP contribution in [0.2, 0.25) is 0 Å². The molecule has 2 aromatic carbocycles. The van der Waals surface area contributed by atoms with Gasteiger partial charge in [0.05, 0.1) is 12.8 Å². The summed E-state index contributed by atoms with van der Waals surface area (Å²) < 4.78 is 45.2. The zero-order valence-electron chi connectivity index (χ0n) is 14.7. The minimum absolute atomic E-state index is 0.0818. The number of nitrogens with zero attached hydrogens (tertiary/aromatic N) is 2. The van der Waals surface area contributed by atoms with Crippen LogP contribution in [0.1, 0.15) is 16.1 Å². The maximum absolute atomic E-state index is 13.7. The number of carbonyl (C=O) groups excluding carboxylic acids is 1. The first-order valence-electron chi connectivity index (χ1n) is 8.12. The molecule has 0 atom stereocenters. The molecule has 0 saturated heterocycles. The van der Waals surface area contributed by atoms with Gasteiger partial charge in [-0.2, -0.15) is 0 Å². The molecule has 2 N–H and O–H groups in total. The van der Waals surface area contributed by atoms with E-state index in [2.05, 4.69) is 20.6 Å². The second-order valence-corrected chi connectivity index (χ2v) is 5.63. The van der Waals surface area contributed by atoms with Crippen LogP contribution < -0.4 is 15.4 Å². The summed E-state index contributed by atoms with van der Waals surface area (Å²) >= 11 is 0. The van der Waals surface area contributed by atoms with E-state index < -0.39 is 29.0 Å². The van der Waals surface area contributed by atoms with Crippen molar-refractivity contribution in [3.05, 3.63) is 77.5 Å². The van der Waals surface area contributed by atoms with Crippen molar-refractivity contribution in [2.24, 2.45) is 0 Å². The lowest BCUT2D eigenvalue weighted by Gasteiger charge is -2.11. The maximum atomic E-state index is 13.7. The van der Waals surface area contributed by atoms with Gasteiger partial charge in [0.25, 0.3) is 5.91 Å². The molecule has 1 aromatic heterocycles. The molecule has 9 heteroatoms. The fourth-order valence-corrected chi connectivity index (χ4v) is 2.42. The highest BCUT2D eigenvalue weighted by molar-refractivity contribution is 6.03. The average Bonchev–Trinajstić information content (AvgIpc) is 2.73. The Balaban J connectivity index is 1.72. The van der Waals surface area contributed by atoms with E-state index in [0.29, 0.717) is 24.2 Å². The number of benzene rings is 2. The van der Waals surface area contributed by atoms with Crippen LogP contribution >= 0.6 is 0 Å². The SMILES string of the molecule is COc1ccccc1CNc1cc(C(=O)Nc2ccc(F)c(F)c2F)ncn1. The second-order valence-electron chi connectivity index (χ2n) is 5.63. The van der Waals surface area contributed by atoms with Gasteiger partial charge in [0.15, 0.2) is 17.5 Å². The molecule has 0 spiro atoms. The molecule has 0 bridgehead atoms. The molecular weight excluding hydrogens is 373 g/mol. The molecule has 1 heterocycles. The molecule has 0 saturated carbocycles. The largest absolute Gasteiger partial charge is 0.496 e. The summed E-state index contributed by atoms with van der Waals surface area (Å²) in [4.78, 5) is 20.1. The lowest BCUT2D eigenvalue weighted by molar-refractivity contribution is 0.102. The average molecular weight is 388 g/mol. The first-order chi connectivity index (χ1) is 13.5. The van der Waals surface area contributed by atoms with Crippen molar-refractivity contribution in [2.45, 2.75) is 6.54 Å².